The van der Waals surface area contributed by atoms with Gasteiger partial charge in [0.1, 0.15) is 18.1 Å². The van der Waals surface area contributed by atoms with Gasteiger partial charge in [-0.2, -0.15) is 0 Å². The fourth-order valence-electron chi connectivity index (χ4n) is 3.26. The average molecular weight is 411 g/mol. The third kappa shape index (κ3) is 3.84. The largest absolute Gasteiger partial charge is 0.494 e. The molecule has 30 heavy (non-hydrogen) atoms. The van der Waals surface area contributed by atoms with E-state index in [2.05, 4.69) is 10.4 Å². The number of aromatic nitrogens is 3. The molecule has 0 saturated carbocycles. The van der Waals surface area contributed by atoms with Crippen LogP contribution in [0.2, 0.25) is 0 Å². The molecule has 2 aromatic heterocycles. The highest BCUT2D eigenvalue weighted by Crippen LogP contribution is 2.28. The Morgan fingerprint density at radius 3 is 2.67 bits per heavy atom. The molecule has 4 rings (SSSR count). The van der Waals surface area contributed by atoms with E-state index >= 15 is 0 Å². The number of rotatable bonds is 7. The Morgan fingerprint density at radius 2 is 1.97 bits per heavy atom. The highest BCUT2D eigenvalue weighted by Gasteiger charge is 2.26. The number of carbonyl (C=O) groups excluding carboxylic acids is 1. The van der Waals surface area contributed by atoms with E-state index in [-0.39, 0.29) is 13.1 Å². The zero-order valence-corrected chi connectivity index (χ0v) is 16.4. The van der Waals surface area contributed by atoms with Crippen molar-refractivity contribution in [2.75, 3.05) is 18.1 Å². The summed E-state index contributed by atoms with van der Waals surface area (Å²) in [6.07, 6.45) is 1.50. The summed E-state index contributed by atoms with van der Waals surface area (Å²) < 4.78 is 12.8. The van der Waals surface area contributed by atoms with Gasteiger partial charge < -0.3 is 19.4 Å². The molecule has 0 fully saturated rings. The van der Waals surface area contributed by atoms with Crippen LogP contribution in [0.25, 0.3) is 0 Å². The van der Waals surface area contributed by atoms with Gasteiger partial charge in [-0.05, 0) is 43.3 Å². The minimum atomic E-state index is -0.833. The summed E-state index contributed by atoms with van der Waals surface area (Å²) in [7, 11) is 0. The first-order valence-electron chi connectivity index (χ1n) is 9.58. The maximum absolute atomic E-state index is 12.5. The van der Waals surface area contributed by atoms with Gasteiger partial charge in [-0.3, -0.25) is 19.0 Å². The standard InChI is InChI=1S/C20H21N5O5/c1-2-29-15-7-5-14(6-8-15)23-9-10-24-18(27)19(28)25(22-20(23)24)13-17(26)21-12-16-4-3-11-30-16/h3-8,11H,2,9-10,12-13H2,1H3,(H,21,26). The van der Waals surface area contributed by atoms with Crippen LogP contribution in [0.5, 0.6) is 5.75 Å². The quantitative estimate of drug-likeness (QED) is 0.574. The predicted octanol–water partition coefficient (Wildman–Crippen LogP) is 0.865. The third-order valence-corrected chi connectivity index (χ3v) is 4.70. The van der Waals surface area contributed by atoms with E-state index in [0.29, 0.717) is 31.4 Å². The number of anilines is 2. The van der Waals surface area contributed by atoms with Gasteiger partial charge in [-0.25, -0.2) is 4.68 Å². The summed E-state index contributed by atoms with van der Waals surface area (Å²) >= 11 is 0. The highest BCUT2D eigenvalue weighted by molar-refractivity contribution is 5.75. The van der Waals surface area contributed by atoms with Crippen LogP contribution in [0.3, 0.4) is 0 Å². The number of ether oxygens (including phenoxy) is 1. The van der Waals surface area contributed by atoms with E-state index in [1.54, 1.807) is 12.1 Å². The van der Waals surface area contributed by atoms with Crippen molar-refractivity contribution >= 4 is 17.5 Å². The van der Waals surface area contributed by atoms with E-state index in [9.17, 15) is 14.4 Å². The van der Waals surface area contributed by atoms with Crippen molar-refractivity contribution in [1.29, 1.82) is 0 Å². The van der Waals surface area contributed by atoms with Crippen molar-refractivity contribution in [2.24, 2.45) is 0 Å². The minimum Gasteiger partial charge on any atom is -0.494 e. The maximum Gasteiger partial charge on any atom is 0.333 e. The Balaban J connectivity index is 1.56. The van der Waals surface area contributed by atoms with Crippen molar-refractivity contribution in [3.05, 3.63) is 69.1 Å². The lowest BCUT2D eigenvalue weighted by Gasteiger charge is -2.18. The van der Waals surface area contributed by atoms with Gasteiger partial charge in [-0.15, -0.1) is 5.10 Å². The molecule has 1 aliphatic rings. The lowest BCUT2D eigenvalue weighted by Crippen LogP contribution is -2.44. The lowest BCUT2D eigenvalue weighted by molar-refractivity contribution is -0.122. The first kappa shape index (κ1) is 19.5. The van der Waals surface area contributed by atoms with Crippen molar-refractivity contribution in [2.45, 2.75) is 26.6 Å². The highest BCUT2D eigenvalue weighted by atomic mass is 16.5. The van der Waals surface area contributed by atoms with E-state index in [1.807, 2.05) is 36.1 Å². The van der Waals surface area contributed by atoms with Gasteiger partial charge in [0.15, 0.2) is 0 Å². The average Bonchev–Trinajstić information content (AvgIpc) is 3.41. The smallest absolute Gasteiger partial charge is 0.333 e. The first-order valence-corrected chi connectivity index (χ1v) is 9.58. The van der Waals surface area contributed by atoms with Crippen molar-refractivity contribution in [1.82, 2.24) is 19.7 Å². The number of furan rings is 1. The van der Waals surface area contributed by atoms with Gasteiger partial charge in [-0.1, -0.05) is 0 Å². The molecule has 1 aromatic carbocycles. The van der Waals surface area contributed by atoms with Crippen molar-refractivity contribution in [3.8, 4) is 5.75 Å². The summed E-state index contributed by atoms with van der Waals surface area (Å²) in [6, 6.07) is 10.8. The van der Waals surface area contributed by atoms with Crippen molar-refractivity contribution in [3.63, 3.8) is 0 Å². The molecule has 0 unspecified atom stereocenters. The molecule has 3 heterocycles. The molecule has 0 radical (unpaired) electrons. The summed E-state index contributed by atoms with van der Waals surface area (Å²) in [6.45, 7) is 3.13. The molecule has 10 nitrogen and oxygen atoms in total. The number of nitrogens with one attached hydrogen (secondary N) is 1. The molecule has 3 aromatic rings. The number of nitrogens with zero attached hydrogens (tertiary/aromatic N) is 4. The molecule has 0 atom stereocenters. The zero-order valence-electron chi connectivity index (χ0n) is 16.4. The molecular weight excluding hydrogens is 390 g/mol. The molecule has 156 valence electrons. The normalized spacial score (nSPS) is 12.6. The van der Waals surface area contributed by atoms with Crippen LogP contribution in [0.1, 0.15) is 12.7 Å². The fourth-order valence-corrected chi connectivity index (χ4v) is 3.26. The SMILES string of the molecule is CCOc1ccc(N2CCn3c2nn(CC(=O)NCc2ccco2)c(=O)c3=O)cc1. The number of benzene rings is 1. The zero-order chi connectivity index (χ0) is 21.1. The second-order valence-electron chi connectivity index (χ2n) is 6.65. The van der Waals surface area contributed by atoms with Gasteiger partial charge in [0, 0.05) is 18.8 Å². The number of hydrogen-bond donors (Lipinski definition) is 1. The van der Waals surface area contributed by atoms with E-state index in [1.165, 1.54) is 10.8 Å². The predicted molar refractivity (Wildman–Crippen MR) is 108 cm³/mol. The maximum atomic E-state index is 12.5. The fraction of sp³-hybridized carbons (Fsp3) is 0.300. The lowest BCUT2D eigenvalue weighted by atomic mass is 10.3. The Morgan fingerprint density at radius 1 is 1.17 bits per heavy atom. The summed E-state index contributed by atoms with van der Waals surface area (Å²) in [5, 5.41) is 6.93. The van der Waals surface area contributed by atoms with Crippen LogP contribution < -0.4 is 26.1 Å². The molecule has 0 bridgehead atoms. The Labute approximate surface area is 171 Å². The molecule has 1 amide bonds. The van der Waals surface area contributed by atoms with Gasteiger partial charge in [0.05, 0.1) is 19.4 Å². The molecule has 0 saturated heterocycles. The van der Waals surface area contributed by atoms with E-state index < -0.39 is 17.0 Å². The second-order valence-corrected chi connectivity index (χ2v) is 6.65. The molecule has 1 aliphatic heterocycles. The van der Waals surface area contributed by atoms with Crippen LogP contribution in [-0.2, 0) is 24.4 Å². The van der Waals surface area contributed by atoms with Crippen LogP contribution >= 0.6 is 0 Å². The van der Waals surface area contributed by atoms with Gasteiger partial charge in [0.2, 0.25) is 11.9 Å². The van der Waals surface area contributed by atoms with Gasteiger partial charge >= 0.3 is 11.1 Å². The van der Waals surface area contributed by atoms with Crippen LogP contribution in [0.4, 0.5) is 11.6 Å². The number of hydrogen-bond acceptors (Lipinski definition) is 7. The first-order chi connectivity index (χ1) is 14.6. The summed E-state index contributed by atoms with van der Waals surface area (Å²) in [5.74, 6) is 1.20. The monoisotopic (exact) mass is 411 g/mol. The number of amides is 1. The molecule has 10 heteroatoms. The van der Waals surface area contributed by atoms with E-state index in [4.69, 9.17) is 9.15 Å². The molecule has 1 N–H and O–H groups in total. The Bertz CT molecular complexity index is 1150. The minimum absolute atomic E-state index is 0.183. The molecule has 0 spiro atoms. The van der Waals surface area contributed by atoms with Crippen molar-refractivity contribution < 1.29 is 13.9 Å². The van der Waals surface area contributed by atoms with Gasteiger partial charge in [0.25, 0.3) is 0 Å². The Hall–Kier alpha value is -3.82. The topological polar surface area (TPSA) is 112 Å². The third-order valence-electron chi connectivity index (χ3n) is 4.70. The van der Waals surface area contributed by atoms with E-state index in [0.717, 1.165) is 16.1 Å². The Kier molecular flexibility index (Phi) is 5.38. The number of carbonyl (C=O) groups is 1. The van der Waals surface area contributed by atoms with Crippen LogP contribution in [-0.4, -0.2) is 33.4 Å². The molecule has 0 aliphatic carbocycles. The summed E-state index contributed by atoms with van der Waals surface area (Å²) in [5.41, 5.74) is -0.725. The second kappa shape index (κ2) is 8.27. The number of fused-ring (bicyclic) bond motifs is 1. The van der Waals surface area contributed by atoms with Crippen LogP contribution in [0, 0.1) is 0 Å². The summed E-state index contributed by atoms with van der Waals surface area (Å²) in [4.78, 5) is 39.0. The molecular formula is C20H21N5O5. The van der Waals surface area contributed by atoms with Crippen LogP contribution in [0.15, 0.2) is 56.7 Å².